The van der Waals surface area contributed by atoms with Crippen LogP contribution in [-0.2, 0) is 17.8 Å². The Bertz CT molecular complexity index is 668. The molecule has 1 saturated carbocycles. The lowest BCUT2D eigenvalue weighted by molar-refractivity contribution is -0.121. The second-order valence-electron chi connectivity index (χ2n) is 5.81. The van der Waals surface area contributed by atoms with Crippen molar-refractivity contribution in [2.24, 2.45) is 0 Å². The normalized spacial score (nSPS) is 13.9. The van der Waals surface area contributed by atoms with Crippen molar-refractivity contribution in [1.29, 1.82) is 0 Å². The highest BCUT2D eigenvalue weighted by Gasteiger charge is 2.23. The Labute approximate surface area is 135 Å². The number of pyridine rings is 1. The molecule has 0 bridgehead atoms. The summed E-state index contributed by atoms with van der Waals surface area (Å²) in [6.45, 7) is 0.544. The second kappa shape index (κ2) is 6.93. The van der Waals surface area contributed by atoms with Gasteiger partial charge in [-0.15, -0.1) is 0 Å². The van der Waals surface area contributed by atoms with Crippen LogP contribution in [0.15, 0.2) is 42.7 Å². The van der Waals surface area contributed by atoms with Crippen molar-refractivity contribution in [3.63, 3.8) is 0 Å². The van der Waals surface area contributed by atoms with Crippen LogP contribution in [0.25, 0.3) is 0 Å². The highest BCUT2D eigenvalue weighted by molar-refractivity contribution is 6.30. The van der Waals surface area contributed by atoms with Gasteiger partial charge < -0.3 is 5.32 Å². The second-order valence-corrected chi connectivity index (χ2v) is 6.24. The summed E-state index contributed by atoms with van der Waals surface area (Å²) in [4.78, 5) is 16.2. The number of halogens is 1. The van der Waals surface area contributed by atoms with Gasteiger partial charge in [0.2, 0.25) is 5.91 Å². The summed E-state index contributed by atoms with van der Waals surface area (Å²) >= 11 is 5.94. The van der Waals surface area contributed by atoms with Crippen LogP contribution in [0.2, 0.25) is 5.02 Å². The molecule has 1 heterocycles. The Hall–Kier alpha value is -1.87. The monoisotopic (exact) mass is 314 g/mol. The third-order valence-electron chi connectivity index (χ3n) is 3.88. The van der Waals surface area contributed by atoms with Crippen LogP contribution in [0.5, 0.6) is 0 Å². The molecule has 1 aliphatic carbocycles. The Morgan fingerprint density at radius 2 is 2.09 bits per heavy atom. The summed E-state index contributed by atoms with van der Waals surface area (Å²) in [5.41, 5.74) is 3.45. The average Bonchev–Trinajstić information content (AvgIpc) is 3.36. The minimum Gasteiger partial charge on any atom is -0.352 e. The molecule has 3 nitrogen and oxygen atoms in total. The van der Waals surface area contributed by atoms with Gasteiger partial charge in [-0.3, -0.25) is 9.78 Å². The molecular weight excluding hydrogens is 296 g/mol. The molecule has 3 rings (SSSR count). The number of carbonyl (C=O) groups excluding carboxylic acids is 1. The molecule has 4 heteroatoms. The van der Waals surface area contributed by atoms with Crippen LogP contribution in [0.3, 0.4) is 0 Å². The molecule has 22 heavy (non-hydrogen) atoms. The van der Waals surface area contributed by atoms with Gasteiger partial charge in [0.1, 0.15) is 0 Å². The van der Waals surface area contributed by atoms with Crippen molar-refractivity contribution in [2.75, 3.05) is 0 Å². The van der Waals surface area contributed by atoms with Crippen LogP contribution in [0, 0.1) is 0 Å². The molecule has 0 spiro atoms. The van der Waals surface area contributed by atoms with E-state index < -0.39 is 0 Å². The standard InChI is InChI=1S/C18H19ClN2O/c19-17-3-1-2-13(9-17)4-7-18(22)21-11-14-8-16(12-20-10-14)15-5-6-15/h1-3,8-10,12,15H,4-7,11H2,(H,21,22). The molecular formula is C18H19ClN2O. The molecule has 1 aliphatic rings. The third-order valence-corrected chi connectivity index (χ3v) is 4.12. The smallest absolute Gasteiger partial charge is 0.220 e. The molecule has 2 aromatic rings. The van der Waals surface area contributed by atoms with Crippen LogP contribution in [0.4, 0.5) is 0 Å². The maximum atomic E-state index is 11.9. The van der Waals surface area contributed by atoms with E-state index in [0.29, 0.717) is 30.3 Å². The fourth-order valence-electron chi connectivity index (χ4n) is 2.48. The molecule has 0 saturated heterocycles. The fraction of sp³-hybridized carbons (Fsp3) is 0.333. The summed E-state index contributed by atoms with van der Waals surface area (Å²) in [7, 11) is 0. The minimum absolute atomic E-state index is 0.0526. The van der Waals surface area contributed by atoms with Crippen LogP contribution < -0.4 is 5.32 Å². The van der Waals surface area contributed by atoms with Gasteiger partial charge in [0.15, 0.2) is 0 Å². The zero-order valence-corrected chi connectivity index (χ0v) is 13.1. The Morgan fingerprint density at radius 1 is 1.23 bits per heavy atom. The van der Waals surface area contributed by atoms with Gasteiger partial charge in [0.25, 0.3) is 0 Å². The average molecular weight is 315 g/mol. The molecule has 114 valence electrons. The lowest BCUT2D eigenvalue weighted by atomic mass is 10.1. The summed E-state index contributed by atoms with van der Waals surface area (Å²) in [6.07, 6.45) is 7.45. The van der Waals surface area contributed by atoms with E-state index in [1.54, 1.807) is 0 Å². The summed E-state index contributed by atoms with van der Waals surface area (Å²) < 4.78 is 0. The summed E-state index contributed by atoms with van der Waals surface area (Å²) in [6, 6.07) is 9.79. The number of nitrogens with zero attached hydrogens (tertiary/aromatic N) is 1. The highest BCUT2D eigenvalue weighted by Crippen LogP contribution is 2.39. The Morgan fingerprint density at radius 3 is 2.86 bits per heavy atom. The number of aromatic nitrogens is 1. The molecule has 0 unspecified atom stereocenters. The first kappa shape index (κ1) is 15.0. The van der Waals surface area contributed by atoms with E-state index in [0.717, 1.165) is 11.1 Å². The van der Waals surface area contributed by atoms with Gasteiger partial charge in [-0.25, -0.2) is 0 Å². The van der Waals surface area contributed by atoms with Crippen LogP contribution in [-0.4, -0.2) is 10.9 Å². The number of hydrogen-bond donors (Lipinski definition) is 1. The largest absolute Gasteiger partial charge is 0.352 e. The van der Waals surface area contributed by atoms with Crippen molar-refractivity contribution in [3.05, 3.63) is 64.4 Å². The van der Waals surface area contributed by atoms with Crippen molar-refractivity contribution < 1.29 is 4.79 Å². The van der Waals surface area contributed by atoms with Crippen molar-refractivity contribution in [1.82, 2.24) is 10.3 Å². The van der Waals surface area contributed by atoms with E-state index in [1.165, 1.54) is 18.4 Å². The van der Waals surface area contributed by atoms with Crippen molar-refractivity contribution >= 4 is 17.5 Å². The number of carbonyl (C=O) groups is 1. The lowest BCUT2D eigenvalue weighted by Gasteiger charge is -2.07. The van der Waals surface area contributed by atoms with Gasteiger partial charge >= 0.3 is 0 Å². The number of amides is 1. The summed E-state index contributed by atoms with van der Waals surface area (Å²) in [5, 5.41) is 3.67. The SMILES string of the molecule is O=C(CCc1cccc(Cl)c1)NCc1cncc(C2CC2)c1. The number of hydrogen-bond acceptors (Lipinski definition) is 2. The molecule has 0 atom stereocenters. The van der Waals surface area contributed by atoms with Gasteiger partial charge in [0, 0.05) is 30.4 Å². The van der Waals surface area contributed by atoms with E-state index >= 15 is 0 Å². The quantitative estimate of drug-likeness (QED) is 0.879. The first-order chi connectivity index (χ1) is 10.7. The topological polar surface area (TPSA) is 42.0 Å². The van der Waals surface area contributed by atoms with E-state index in [2.05, 4.69) is 16.4 Å². The molecule has 1 amide bonds. The first-order valence-corrected chi connectivity index (χ1v) is 8.03. The predicted molar refractivity (Wildman–Crippen MR) is 87.8 cm³/mol. The fourth-order valence-corrected chi connectivity index (χ4v) is 2.70. The van der Waals surface area contributed by atoms with Crippen molar-refractivity contribution in [2.45, 2.75) is 38.1 Å². The third kappa shape index (κ3) is 4.31. The Balaban J connectivity index is 1.47. The Kier molecular flexibility index (Phi) is 4.74. The van der Waals surface area contributed by atoms with Gasteiger partial charge in [-0.1, -0.05) is 29.8 Å². The van der Waals surface area contributed by atoms with Crippen LogP contribution >= 0.6 is 11.6 Å². The van der Waals surface area contributed by atoms with E-state index in [-0.39, 0.29) is 5.91 Å². The van der Waals surface area contributed by atoms with E-state index in [9.17, 15) is 4.79 Å². The molecule has 1 aromatic carbocycles. The van der Waals surface area contributed by atoms with Gasteiger partial charge in [0.05, 0.1) is 0 Å². The highest BCUT2D eigenvalue weighted by atomic mass is 35.5. The van der Waals surface area contributed by atoms with Gasteiger partial charge in [-0.2, -0.15) is 0 Å². The predicted octanol–water partition coefficient (Wildman–Crippen LogP) is 3.86. The number of nitrogens with one attached hydrogen (secondary N) is 1. The molecule has 1 N–H and O–H groups in total. The van der Waals surface area contributed by atoms with E-state index in [1.807, 2.05) is 36.7 Å². The summed E-state index contributed by atoms with van der Waals surface area (Å²) in [5.74, 6) is 0.739. The van der Waals surface area contributed by atoms with Crippen molar-refractivity contribution in [3.8, 4) is 0 Å². The van der Waals surface area contributed by atoms with E-state index in [4.69, 9.17) is 11.6 Å². The minimum atomic E-state index is 0.0526. The first-order valence-electron chi connectivity index (χ1n) is 7.65. The number of benzene rings is 1. The number of aryl methyl sites for hydroxylation is 1. The molecule has 0 radical (unpaired) electrons. The maximum absolute atomic E-state index is 11.9. The van der Waals surface area contributed by atoms with Crippen LogP contribution in [0.1, 0.15) is 41.9 Å². The lowest BCUT2D eigenvalue weighted by Crippen LogP contribution is -2.23. The molecule has 0 aliphatic heterocycles. The maximum Gasteiger partial charge on any atom is 0.220 e. The van der Waals surface area contributed by atoms with Gasteiger partial charge in [-0.05, 0) is 54.0 Å². The zero-order valence-electron chi connectivity index (χ0n) is 12.4. The molecule has 1 aromatic heterocycles. The number of rotatable bonds is 6. The molecule has 1 fully saturated rings. The zero-order chi connectivity index (χ0) is 15.4.